The number of hydrogen-bond acceptors (Lipinski definition) is 4. The highest BCUT2D eigenvalue weighted by atomic mass is 28.4. The van der Waals surface area contributed by atoms with Gasteiger partial charge in [-0.15, -0.1) is 0 Å². The third-order valence-corrected chi connectivity index (χ3v) is 11.1. The van der Waals surface area contributed by atoms with Crippen LogP contribution in [0, 0.1) is 0 Å². The molecule has 4 nitrogen and oxygen atoms in total. The van der Waals surface area contributed by atoms with Crippen LogP contribution in [-0.2, 0) is 13.9 Å². The van der Waals surface area contributed by atoms with Gasteiger partial charge in [0.15, 0.2) is 14.1 Å². The zero-order valence-electron chi connectivity index (χ0n) is 18.0. The Bertz CT molecular complexity index is 426. The molecule has 1 aliphatic carbocycles. The number of ether oxygens (including phenoxy) is 2. The molecule has 1 aliphatic heterocycles. The topological polar surface area (TPSA) is 47.9 Å². The van der Waals surface area contributed by atoms with Gasteiger partial charge in [0.1, 0.15) is 12.2 Å². The van der Waals surface area contributed by atoms with E-state index in [0.29, 0.717) is 6.61 Å². The van der Waals surface area contributed by atoms with Crippen LogP contribution in [-0.4, -0.2) is 44.1 Å². The molecule has 26 heavy (non-hydrogen) atoms. The molecule has 0 radical (unpaired) electrons. The summed E-state index contributed by atoms with van der Waals surface area (Å²) in [7, 11) is -1.85. The highest BCUT2D eigenvalue weighted by molar-refractivity contribution is 6.74. The molecule has 0 amide bonds. The fourth-order valence-corrected chi connectivity index (χ4v) is 4.76. The molecule has 0 aromatic heterocycles. The Hall–Kier alpha value is 0.0569. The predicted octanol–water partition coefficient (Wildman–Crippen LogP) is 5.39. The highest BCUT2D eigenvalue weighted by Gasteiger charge is 2.51. The van der Waals surface area contributed by atoms with E-state index in [1.165, 1.54) is 6.42 Å². The van der Waals surface area contributed by atoms with Crippen molar-refractivity contribution in [3.63, 3.8) is 0 Å². The van der Waals surface area contributed by atoms with Crippen molar-refractivity contribution in [3.8, 4) is 0 Å². The fraction of sp³-hybridized carbons (Fsp3) is 1.00. The van der Waals surface area contributed by atoms with E-state index in [2.05, 4.69) is 40.8 Å². The van der Waals surface area contributed by atoms with E-state index in [-0.39, 0.29) is 17.2 Å². The quantitative estimate of drug-likeness (QED) is 0.448. The zero-order valence-corrected chi connectivity index (χ0v) is 19.0. The summed E-state index contributed by atoms with van der Waals surface area (Å²) >= 11 is 0. The zero-order chi connectivity index (χ0) is 19.4. The monoisotopic (exact) mass is 386 g/mol. The summed E-state index contributed by atoms with van der Waals surface area (Å²) in [5.41, 5.74) is 0. The normalized spacial score (nSPS) is 27.8. The van der Waals surface area contributed by atoms with Crippen molar-refractivity contribution in [3.05, 3.63) is 0 Å². The van der Waals surface area contributed by atoms with Crippen LogP contribution < -0.4 is 0 Å². The van der Waals surface area contributed by atoms with Crippen molar-refractivity contribution in [2.24, 2.45) is 0 Å². The maximum Gasteiger partial charge on any atom is 0.192 e. The van der Waals surface area contributed by atoms with Gasteiger partial charge in [0.2, 0.25) is 0 Å². The van der Waals surface area contributed by atoms with Crippen LogP contribution in [0.15, 0.2) is 0 Å². The van der Waals surface area contributed by atoms with Crippen molar-refractivity contribution >= 4 is 8.32 Å². The van der Waals surface area contributed by atoms with Crippen molar-refractivity contribution in [2.75, 3.05) is 6.61 Å². The Kier molecular flexibility index (Phi) is 7.77. The molecule has 5 heteroatoms. The number of unbranched alkanes of at least 4 members (excludes halogenated alkanes) is 2. The maximum atomic E-state index is 10.8. The molecule has 154 valence electrons. The molecule has 1 N–H and O–H groups in total. The molecular weight excluding hydrogens is 344 g/mol. The van der Waals surface area contributed by atoms with Crippen LogP contribution >= 0.6 is 0 Å². The van der Waals surface area contributed by atoms with Crippen LogP contribution in [0.25, 0.3) is 0 Å². The second-order valence-corrected chi connectivity index (χ2v) is 14.7. The van der Waals surface area contributed by atoms with E-state index in [0.717, 1.165) is 51.4 Å². The van der Waals surface area contributed by atoms with Crippen LogP contribution in [0.4, 0.5) is 0 Å². The van der Waals surface area contributed by atoms with Crippen molar-refractivity contribution in [2.45, 2.75) is 128 Å². The number of hydrogen-bond donors (Lipinski definition) is 1. The number of rotatable bonds is 8. The summed E-state index contributed by atoms with van der Waals surface area (Å²) in [5, 5.41) is 11.0. The summed E-state index contributed by atoms with van der Waals surface area (Å²) < 4.78 is 19.3. The third-order valence-electron chi connectivity index (χ3n) is 6.60. The van der Waals surface area contributed by atoms with E-state index >= 15 is 0 Å². The van der Waals surface area contributed by atoms with Gasteiger partial charge < -0.3 is 19.0 Å². The molecule has 3 atom stereocenters. The Balaban J connectivity index is 2.03. The minimum atomic E-state index is -1.85. The first-order valence-electron chi connectivity index (χ1n) is 10.8. The maximum absolute atomic E-state index is 10.8. The third kappa shape index (κ3) is 5.54. The van der Waals surface area contributed by atoms with Crippen LogP contribution in [0.2, 0.25) is 18.1 Å². The minimum absolute atomic E-state index is 0.154. The predicted molar refractivity (Wildman–Crippen MR) is 109 cm³/mol. The van der Waals surface area contributed by atoms with E-state index in [4.69, 9.17) is 13.9 Å². The SMILES string of the molecule is CCCCC[C@H](O)[C@@H]1OC2(CCCCC2)O[C@H]1CO[Si](C)(C)C(C)(C)C. The molecule has 2 fully saturated rings. The summed E-state index contributed by atoms with van der Waals surface area (Å²) in [6, 6.07) is 0. The van der Waals surface area contributed by atoms with Crippen molar-refractivity contribution < 1.29 is 19.0 Å². The second kappa shape index (κ2) is 9.04. The molecule has 0 unspecified atom stereocenters. The Morgan fingerprint density at radius 3 is 2.35 bits per heavy atom. The molecule has 1 saturated heterocycles. The fourth-order valence-electron chi connectivity index (χ4n) is 3.75. The molecule has 1 spiro atoms. The lowest BCUT2D eigenvalue weighted by Gasteiger charge is -2.37. The van der Waals surface area contributed by atoms with Gasteiger partial charge in [-0.1, -0.05) is 53.4 Å². The number of aliphatic hydroxyl groups excluding tert-OH is 1. The molecule has 1 saturated carbocycles. The van der Waals surface area contributed by atoms with E-state index in [1.807, 2.05) is 0 Å². The number of aliphatic hydroxyl groups is 1. The standard InChI is InChI=1S/C21H42O4Si/c1-7-8-10-13-17(22)19-18(16-23-26(5,6)20(2,3)4)24-21(25-19)14-11-9-12-15-21/h17-19,22H,7-16H2,1-6H3/t17-,18-,19-/m0/s1. The van der Waals surface area contributed by atoms with Gasteiger partial charge in [-0.2, -0.15) is 0 Å². The van der Waals surface area contributed by atoms with Gasteiger partial charge >= 0.3 is 0 Å². The van der Waals surface area contributed by atoms with Crippen LogP contribution in [0.5, 0.6) is 0 Å². The summed E-state index contributed by atoms with van der Waals surface area (Å²) in [6.07, 6.45) is 8.71. The molecule has 0 bridgehead atoms. The van der Waals surface area contributed by atoms with Gasteiger partial charge in [-0.05, 0) is 37.4 Å². The molecule has 2 aliphatic rings. The first kappa shape index (κ1) is 22.3. The van der Waals surface area contributed by atoms with Crippen molar-refractivity contribution in [1.82, 2.24) is 0 Å². The van der Waals surface area contributed by atoms with E-state index in [9.17, 15) is 5.11 Å². The van der Waals surface area contributed by atoms with Gasteiger partial charge in [-0.3, -0.25) is 0 Å². The second-order valence-electron chi connectivity index (χ2n) is 9.84. The van der Waals surface area contributed by atoms with E-state index < -0.39 is 20.2 Å². The van der Waals surface area contributed by atoms with Gasteiger partial charge in [-0.25, -0.2) is 0 Å². The van der Waals surface area contributed by atoms with Gasteiger partial charge in [0.25, 0.3) is 0 Å². The average Bonchev–Trinajstić information content (AvgIpc) is 2.91. The Morgan fingerprint density at radius 2 is 1.77 bits per heavy atom. The summed E-state index contributed by atoms with van der Waals surface area (Å²) in [6.45, 7) is 14.0. The smallest absolute Gasteiger partial charge is 0.192 e. The lowest BCUT2D eigenvalue weighted by Crippen LogP contribution is -2.45. The Labute approximate surface area is 162 Å². The molecule has 0 aromatic rings. The Morgan fingerprint density at radius 1 is 1.12 bits per heavy atom. The average molecular weight is 387 g/mol. The molecule has 1 heterocycles. The van der Waals surface area contributed by atoms with Crippen LogP contribution in [0.3, 0.4) is 0 Å². The van der Waals surface area contributed by atoms with Crippen LogP contribution in [0.1, 0.15) is 85.5 Å². The first-order chi connectivity index (χ1) is 12.1. The molecule has 0 aromatic carbocycles. The lowest BCUT2D eigenvalue weighted by atomic mass is 9.94. The summed E-state index contributed by atoms with van der Waals surface area (Å²) in [5.74, 6) is -0.476. The minimum Gasteiger partial charge on any atom is -0.414 e. The van der Waals surface area contributed by atoms with Crippen molar-refractivity contribution in [1.29, 1.82) is 0 Å². The highest BCUT2D eigenvalue weighted by Crippen LogP contribution is 2.43. The summed E-state index contributed by atoms with van der Waals surface area (Å²) in [4.78, 5) is 0. The first-order valence-corrected chi connectivity index (χ1v) is 13.7. The molecular formula is C21H42O4Si. The van der Waals surface area contributed by atoms with E-state index in [1.54, 1.807) is 0 Å². The van der Waals surface area contributed by atoms with Gasteiger partial charge in [0, 0.05) is 12.8 Å². The van der Waals surface area contributed by atoms with Gasteiger partial charge in [0.05, 0.1) is 12.7 Å². The molecule has 2 rings (SSSR count). The lowest BCUT2D eigenvalue weighted by molar-refractivity contribution is -0.201. The largest absolute Gasteiger partial charge is 0.414 e.